The molecule has 0 unspecified atom stereocenters. The summed E-state index contributed by atoms with van der Waals surface area (Å²) in [6.07, 6.45) is 0. The van der Waals surface area contributed by atoms with E-state index in [-0.39, 0.29) is 18.1 Å². The van der Waals surface area contributed by atoms with Crippen LogP contribution in [0.5, 0.6) is 5.75 Å². The molecule has 0 aliphatic carbocycles. The molecule has 1 heterocycles. The number of nitrogens with zero attached hydrogens (tertiary/aromatic N) is 2. The van der Waals surface area contributed by atoms with Gasteiger partial charge in [-0.2, -0.15) is 0 Å². The number of aromatic nitrogens is 1. The molecule has 0 saturated carbocycles. The minimum atomic E-state index is -0.531. The van der Waals surface area contributed by atoms with E-state index in [1.807, 2.05) is 0 Å². The van der Waals surface area contributed by atoms with E-state index < -0.39 is 10.8 Å². The standard InChI is InChI=1S/C20H17N3O5S/c1-12-19(13(2)24)29-20(21-12)14-6-8-17(9-7-14)28-11-18(25)22-15-4-3-5-16(10-15)23(26)27/h3-10H,11H2,1-2H3,(H,22,25). The Morgan fingerprint density at radius 1 is 1.21 bits per heavy atom. The zero-order valence-electron chi connectivity index (χ0n) is 15.7. The second-order valence-corrected chi connectivity index (χ2v) is 7.16. The van der Waals surface area contributed by atoms with E-state index >= 15 is 0 Å². The normalized spacial score (nSPS) is 10.4. The number of nitro groups is 1. The maximum Gasteiger partial charge on any atom is 0.271 e. The third kappa shape index (κ3) is 5.02. The van der Waals surface area contributed by atoms with Gasteiger partial charge in [0.1, 0.15) is 10.8 Å². The van der Waals surface area contributed by atoms with Gasteiger partial charge in [-0.3, -0.25) is 19.7 Å². The van der Waals surface area contributed by atoms with Crippen molar-refractivity contribution >= 4 is 34.4 Å². The van der Waals surface area contributed by atoms with E-state index in [1.54, 1.807) is 37.3 Å². The number of nitrogens with one attached hydrogen (secondary N) is 1. The van der Waals surface area contributed by atoms with Gasteiger partial charge in [0.2, 0.25) is 0 Å². The summed E-state index contributed by atoms with van der Waals surface area (Å²) in [7, 11) is 0. The van der Waals surface area contributed by atoms with Crippen LogP contribution < -0.4 is 10.1 Å². The Hall–Kier alpha value is -3.59. The molecule has 8 nitrogen and oxygen atoms in total. The molecule has 0 fully saturated rings. The molecule has 1 N–H and O–H groups in total. The number of amides is 1. The highest BCUT2D eigenvalue weighted by Gasteiger charge is 2.13. The lowest BCUT2D eigenvalue weighted by molar-refractivity contribution is -0.384. The fourth-order valence-corrected chi connectivity index (χ4v) is 3.55. The number of rotatable bonds is 7. The van der Waals surface area contributed by atoms with Gasteiger partial charge >= 0.3 is 0 Å². The largest absolute Gasteiger partial charge is 0.484 e. The van der Waals surface area contributed by atoms with E-state index in [0.29, 0.717) is 22.0 Å². The summed E-state index contributed by atoms with van der Waals surface area (Å²) in [5, 5.41) is 14.1. The summed E-state index contributed by atoms with van der Waals surface area (Å²) >= 11 is 1.34. The van der Waals surface area contributed by atoms with Crippen LogP contribution >= 0.6 is 11.3 Å². The van der Waals surface area contributed by atoms with Crippen LogP contribution in [0.3, 0.4) is 0 Å². The quantitative estimate of drug-likeness (QED) is 0.353. The summed E-state index contributed by atoms with van der Waals surface area (Å²) in [6.45, 7) is 3.07. The smallest absolute Gasteiger partial charge is 0.271 e. The van der Waals surface area contributed by atoms with Gasteiger partial charge in [0.25, 0.3) is 11.6 Å². The highest BCUT2D eigenvalue weighted by atomic mass is 32.1. The van der Waals surface area contributed by atoms with Crippen molar-refractivity contribution < 1.29 is 19.2 Å². The third-order valence-corrected chi connectivity index (χ3v) is 5.24. The first-order chi connectivity index (χ1) is 13.8. The summed E-state index contributed by atoms with van der Waals surface area (Å²) in [5.74, 6) is 0.0419. The zero-order chi connectivity index (χ0) is 21.0. The predicted octanol–water partition coefficient (Wildman–Crippen LogP) is 4.25. The number of ketones is 1. The minimum Gasteiger partial charge on any atom is -0.484 e. The Kier molecular flexibility index (Phi) is 5.99. The predicted molar refractivity (Wildman–Crippen MR) is 110 cm³/mol. The molecule has 3 aromatic rings. The minimum absolute atomic E-state index is 0.0130. The molecule has 9 heteroatoms. The molecule has 2 aromatic carbocycles. The Bertz CT molecular complexity index is 1080. The summed E-state index contributed by atoms with van der Waals surface area (Å²) < 4.78 is 5.46. The number of carbonyl (C=O) groups excluding carboxylic acids is 2. The van der Waals surface area contributed by atoms with Crippen LogP contribution in [0.1, 0.15) is 22.3 Å². The summed E-state index contributed by atoms with van der Waals surface area (Å²) in [6, 6.07) is 12.7. The molecular formula is C20H17N3O5S. The molecule has 0 atom stereocenters. The van der Waals surface area contributed by atoms with Gasteiger partial charge < -0.3 is 10.1 Å². The number of thiazole rings is 1. The van der Waals surface area contributed by atoms with Crippen molar-refractivity contribution in [3.8, 4) is 16.3 Å². The third-order valence-electron chi connectivity index (χ3n) is 3.93. The van der Waals surface area contributed by atoms with E-state index in [0.717, 1.165) is 10.6 Å². The molecule has 0 spiro atoms. The molecule has 0 aliphatic heterocycles. The van der Waals surface area contributed by atoms with Crippen molar-refractivity contribution in [1.29, 1.82) is 0 Å². The fourth-order valence-electron chi connectivity index (χ4n) is 2.58. The number of anilines is 1. The maximum absolute atomic E-state index is 12.0. The number of benzene rings is 2. The van der Waals surface area contributed by atoms with E-state index in [4.69, 9.17) is 4.74 Å². The maximum atomic E-state index is 12.0. The lowest BCUT2D eigenvalue weighted by Crippen LogP contribution is -2.20. The molecular weight excluding hydrogens is 394 g/mol. The van der Waals surface area contributed by atoms with E-state index in [1.165, 1.54) is 36.5 Å². The highest BCUT2D eigenvalue weighted by Crippen LogP contribution is 2.29. The number of hydrogen-bond donors (Lipinski definition) is 1. The molecule has 3 rings (SSSR count). The average molecular weight is 411 g/mol. The average Bonchev–Trinajstić information content (AvgIpc) is 3.09. The van der Waals surface area contributed by atoms with Crippen LogP contribution in [0.4, 0.5) is 11.4 Å². The number of aryl methyl sites for hydroxylation is 1. The van der Waals surface area contributed by atoms with Crippen molar-refractivity contribution in [2.24, 2.45) is 0 Å². The van der Waals surface area contributed by atoms with Gasteiger partial charge in [0, 0.05) is 30.3 Å². The molecule has 29 heavy (non-hydrogen) atoms. The molecule has 0 aliphatic rings. The van der Waals surface area contributed by atoms with Gasteiger partial charge in [-0.25, -0.2) is 4.98 Å². The highest BCUT2D eigenvalue weighted by molar-refractivity contribution is 7.17. The molecule has 0 radical (unpaired) electrons. The van der Waals surface area contributed by atoms with Gasteiger partial charge in [0.15, 0.2) is 12.4 Å². The number of nitro benzene ring substituents is 1. The molecule has 1 amide bonds. The summed E-state index contributed by atoms with van der Waals surface area (Å²) in [5.41, 5.74) is 1.77. The second-order valence-electron chi connectivity index (χ2n) is 6.16. The molecule has 0 saturated heterocycles. The van der Waals surface area contributed by atoms with Crippen molar-refractivity contribution in [3.05, 3.63) is 69.2 Å². The molecule has 0 bridgehead atoms. The van der Waals surface area contributed by atoms with E-state index in [9.17, 15) is 19.7 Å². The Morgan fingerprint density at radius 3 is 2.55 bits per heavy atom. The number of ether oxygens (including phenoxy) is 1. The monoisotopic (exact) mass is 411 g/mol. The zero-order valence-corrected chi connectivity index (χ0v) is 16.5. The molecule has 148 valence electrons. The number of hydrogen-bond acceptors (Lipinski definition) is 7. The lowest BCUT2D eigenvalue weighted by Gasteiger charge is -2.08. The van der Waals surface area contributed by atoms with Crippen molar-refractivity contribution in [1.82, 2.24) is 4.98 Å². The van der Waals surface area contributed by atoms with Crippen LogP contribution in [-0.4, -0.2) is 28.2 Å². The van der Waals surface area contributed by atoms with Gasteiger partial charge in [0.05, 0.1) is 15.5 Å². The Morgan fingerprint density at radius 2 is 1.93 bits per heavy atom. The topological polar surface area (TPSA) is 111 Å². The lowest BCUT2D eigenvalue weighted by atomic mass is 10.2. The van der Waals surface area contributed by atoms with Crippen molar-refractivity contribution in [2.75, 3.05) is 11.9 Å². The first-order valence-electron chi connectivity index (χ1n) is 8.59. The fraction of sp³-hybridized carbons (Fsp3) is 0.150. The van der Waals surface area contributed by atoms with Crippen LogP contribution in [0.25, 0.3) is 10.6 Å². The number of carbonyl (C=O) groups is 2. The van der Waals surface area contributed by atoms with Gasteiger partial charge in [-0.15, -0.1) is 11.3 Å². The van der Waals surface area contributed by atoms with Crippen LogP contribution in [0, 0.1) is 17.0 Å². The Labute approximate surface area is 170 Å². The number of Topliss-reactive ketones (excluding diaryl/α,β-unsaturated/α-hetero) is 1. The first-order valence-corrected chi connectivity index (χ1v) is 9.41. The van der Waals surface area contributed by atoms with Crippen LogP contribution in [-0.2, 0) is 4.79 Å². The second kappa shape index (κ2) is 8.61. The summed E-state index contributed by atoms with van der Waals surface area (Å²) in [4.78, 5) is 38.9. The molecule has 1 aromatic heterocycles. The van der Waals surface area contributed by atoms with Crippen LogP contribution in [0.2, 0.25) is 0 Å². The van der Waals surface area contributed by atoms with Crippen molar-refractivity contribution in [2.45, 2.75) is 13.8 Å². The van der Waals surface area contributed by atoms with E-state index in [2.05, 4.69) is 10.3 Å². The Balaban J connectivity index is 1.59. The van der Waals surface area contributed by atoms with Crippen molar-refractivity contribution in [3.63, 3.8) is 0 Å². The van der Waals surface area contributed by atoms with Crippen LogP contribution in [0.15, 0.2) is 48.5 Å². The number of non-ortho nitro benzene ring substituents is 1. The van der Waals surface area contributed by atoms with Gasteiger partial charge in [-0.1, -0.05) is 6.07 Å². The first kappa shape index (κ1) is 20.2. The van der Waals surface area contributed by atoms with Gasteiger partial charge in [-0.05, 0) is 37.3 Å². The SMILES string of the molecule is CC(=O)c1sc(-c2ccc(OCC(=O)Nc3cccc([N+](=O)[O-])c3)cc2)nc1C.